The topological polar surface area (TPSA) is 22.1 Å². The van der Waals surface area contributed by atoms with E-state index in [2.05, 4.69) is 20.9 Å². The number of aromatic nitrogens is 1. The molecule has 4 heteroatoms. The number of hydrogen-bond donors (Lipinski definition) is 0. The molecule has 0 saturated carbocycles. The maximum atomic E-state index is 6.16. The van der Waals surface area contributed by atoms with Gasteiger partial charge in [0.05, 0.1) is 5.02 Å². The molecule has 0 aliphatic rings. The average Bonchev–Trinajstić information content (AvgIpc) is 2.29. The SMILES string of the molecule is Cc1cc(Cl)c(C)c(Oc2c(C)cc(Br)cc2C)n1. The second-order valence-corrected chi connectivity index (χ2v) is 5.97. The molecule has 2 nitrogen and oxygen atoms in total. The Morgan fingerprint density at radius 1 is 1.05 bits per heavy atom. The van der Waals surface area contributed by atoms with Crippen molar-refractivity contribution in [2.24, 2.45) is 0 Å². The summed E-state index contributed by atoms with van der Waals surface area (Å²) in [6.45, 7) is 7.84. The van der Waals surface area contributed by atoms with Crippen LogP contribution in [0.1, 0.15) is 22.4 Å². The Hall–Kier alpha value is -1.06. The highest BCUT2D eigenvalue weighted by atomic mass is 79.9. The fourth-order valence-corrected chi connectivity index (χ4v) is 2.85. The molecule has 0 saturated heterocycles. The van der Waals surface area contributed by atoms with Crippen molar-refractivity contribution in [3.05, 3.63) is 50.1 Å². The zero-order valence-corrected chi connectivity index (χ0v) is 13.7. The van der Waals surface area contributed by atoms with Gasteiger partial charge in [0, 0.05) is 15.7 Å². The molecular formula is C15H15BrClNO. The molecule has 19 heavy (non-hydrogen) atoms. The minimum atomic E-state index is 0.568. The number of rotatable bonds is 2. The van der Waals surface area contributed by atoms with Crippen molar-refractivity contribution in [2.45, 2.75) is 27.7 Å². The summed E-state index contributed by atoms with van der Waals surface area (Å²) in [5, 5.41) is 0.676. The summed E-state index contributed by atoms with van der Waals surface area (Å²) in [7, 11) is 0. The lowest BCUT2D eigenvalue weighted by molar-refractivity contribution is 0.451. The summed E-state index contributed by atoms with van der Waals surface area (Å²) in [5.41, 5.74) is 3.82. The second-order valence-electron chi connectivity index (χ2n) is 4.65. The van der Waals surface area contributed by atoms with Gasteiger partial charge in [-0.2, -0.15) is 0 Å². The van der Waals surface area contributed by atoms with Crippen LogP contribution in [0.2, 0.25) is 5.02 Å². The first-order valence-electron chi connectivity index (χ1n) is 5.97. The summed E-state index contributed by atoms with van der Waals surface area (Å²) in [6, 6.07) is 5.88. The van der Waals surface area contributed by atoms with Crippen LogP contribution in [0.3, 0.4) is 0 Å². The Labute approximate surface area is 126 Å². The van der Waals surface area contributed by atoms with Crippen molar-refractivity contribution in [3.63, 3.8) is 0 Å². The number of aryl methyl sites for hydroxylation is 3. The van der Waals surface area contributed by atoms with Gasteiger partial charge in [-0.25, -0.2) is 4.98 Å². The second kappa shape index (κ2) is 5.51. The third-order valence-corrected chi connectivity index (χ3v) is 3.77. The molecule has 0 aliphatic heterocycles. The van der Waals surface area contributed by atoms with Gasteiger partial charge >= 0.3 is 0 Å². The molecule has 1 heterocycles. The molecule has 0 unspecified atom stereocenters. The highest BCUT2D eigenvalue weighted by Gasteiger charge is 2.12. The Bertz CT molecular complexity index is 617. The minimum Gasteiger partial charge on any atom is -0.438 e. The number of hydrogen-bond acceptors (Lipinski definition) is 2. The van der Waals surface area contributed by atoms with E-state index in [1.54, 1.807) is 0 Å². The lowest BCUT2D eigenvalue weighted by Gasteiger charge is -2.14. The smallest absolute Gasteiger partial charge is 0.223 e. The highest BCUT2D eigenvalue weighted by molar-refractivity contribution is 9.10. The van der Waals surface area contributed by atoms with Crippen LogP contribution in [0.25, 0.3) is 0 Å². The van der Waals surface area contributed by atoms with E-state index in [1.165, 1.54) is 0 Å². The minimum absolute atomic E-state index is 0.568. The summed E-state index contributed by atoms with van der Waals surface area (Å²) in [5.74, 6) is 1.40. The van der Waals surface area contributed by atoms with E-state index < -0.39 is 0 Å². The molecule has 0 N–H and O–H groups in total. The summed E-state index contributed by atoms with van der Waals surface area (Å²) < 4.78 is 7.01. The number of benzene rings is 1. The Morgan fingerprint density at radius 2 is 1.63 bits per heavy atom. The van der Waals surface area contributed by atoms with Crippen LogP contribution in [0.15, 0.2) is 22.7 Å². The number of nitrogens with zero attached hydrogens (tertiary/aromatic N) is 1. The van der Waals surface area contributed by atoms with Gasteiger partial charge in [-0.15, -0.1) is 0 Å². The molecule has 100 valence electrons. The zero-order valence-electron chi connectivity index (χ0n) is 11.3. The maximum Gasteiger partial charge on any atom is 0.223 e. The lowest BCUT2D eigenvalue weighted by atomic mass is 10.1. The first-order chi connectivity index (χ1) is 8.88. The van der Waals surface area contributed by atoms with Crippen LogP contribution in [-0.4, -0.2) is 4.98 Å². The largest absolute Gasteiger partial charge is 0.438 e. The Morgan fingerprint density at radius 3 is 2.21 bits per heavy atom. The van der Waals surface area contributed by atoms with Crippen molar-refractivity contribution < 1.29 is 4.74 Å². The van der Waals surface area contributed by atoms with Gasteiger partial charge in [0.25, 0.3) is 0 Å². The van der Waals surface area contributed by atoms with Crippen molar-refractivity contribution >= 4 is 27.5 Å². The van der Waals surface area contributed by atoms with E-state index in [-0.39, 0.29) is 0 Å². The molecule has 2 rings (SSSR count). The van der Waals surface area contributed by atoms with Gasteiger partial charge in [-0.05, 0) is 57.0 Å². The zero-order chi connectivity index (χ0) is 14.2. The van der Waals surface area contributed by atoms with Crippen LogP contribution in [0, 0.1) is 27.7 Å². The van der Waals surface area contributed by atoms with Crippen LogP contribution in [-0.2, 0) is 0 Å². The van der Waals surface area contributed by atoms with Crippen molar-refractivity contribution in [3.8, 4) is 11.6 Å². The fourth-order valence-electron chi connectivity index (χ4n) is 1.92. The molecule has 0 spiro atoms. The third kappa shape index (κ3) is 3.10. The predicted molar refractivity (Wildman–Crippen MR) is 82.4 cm³/mol. The Balaban J connectivity index is 2.48. The monoisotopic (exact) mass is 339 g/mol. The van der Waals surface area contributed by atoms with Crippen molar-refractivity contribution in [1.82, 2.24) is 4.98 Å². The van der Waals surface area contributed by atoms with Crippen LogP contribution in [0.4, 0.5) is 0 Å². The number of pyridine rings is 1. The molecule has 0 atom stereocenters. The van der Waals surface area contributed by atoms with Gasteiger partial charge in [0.15, 0.2) is 0 Å². The molecule has 0 bridgehead atoms. The predicted octanol–water partition coefficient (Wildman–Crippen LogP) is 5.52. The first kappa shape index (κ1) is 14.4. The molecule has 0 aliphatic carbocycles. The van der Waals surface area contributed by atoms with Crippen molar-refractivity contribution in [1.29, 1.82) is 0 Å². The molecule has 2 aromatic rings. The molecule has 0 fully saturated rings. The van der Waals surface area contributed by atoms with E-state index in [9.17, 15) is 0 Å². The van der Waals surface area contributed by atoms with Crippen molar-refractivity contribution in [2.75, 3.05) is 0 Å². The van der Waals surface area contributed by atoms with E-state index in [1.807, 2.05) is 45.9 Å². The van der Waals surface area contributed by atoms with E-state index in [0.29, 0.717) is 10.9 Å². The normalized spacial score (nSPS) is 10.6. The standard InChI is InChI=1S/C15H15BrClNO/c1-8-5-12(16)6-9(2)14(8)19-15-11(4)13(17)7-10(3)18-15/h5-7H,1-4H3. The summed E-state index contributed by atoms with van der Waals surface area (Å²) in [6.07, 6.45) is 0. The number of ether oxygens (including phenoxy) is 1. The fraction of sp³-hybridized carbons (Fsp3) is 0.267. The molecular weight excluding hydrogens is 326 g/mol. The summed E-state index contributed by atoms with van der Waals surface area (Å²) in [4.78, 5) is 4.42. The highest BCUT2D eigenvalue weighted by Crippen LogP contribution is 2.34. The third-order valence-electron chi connectivity index (χ3n) is 2.92. The van der Waals surface area contributed by atoms with Gasteiger partial charge in [-0.3, -0.25) is 0 Å². The molecule has 0 radical (unpaired) electrons. The summed E-state index contributed by atoms with van der Waals surface area (Å²) >= 11 is 9.64. The van der Waals surface area contributed by atoms with Gasteiger partial charge in [0.2, 0.25) is 5.88 Å². The first-order valence-corrected chi connectivity index (χ1v) is 7.14. The van der Waals surface area contributed by atoms with Gasteiger partial charge in [-0.1, -0.05) is 27.5 Å². The average molecular weight is 341 g/mol. The van der Waals surface area contributed by atoms with E-state index in [0.717, 1.165) is 32.6 Å². The molecule has 1 aromatic carbocycles. The quantitative estimate of drug-likeness (QED) is 0.717. The van der Waals surface area contributed by atoms with Gasteiger partial charge < -0.3 is 4.74 Å². The van der Waals surface area contributed by atoms with Crippen LogP contribution < -0.4 is 4.74 Å². The van der Waals surface area contributed by atoms with Gasteiger partial charge in [0.1, 0.15) is 5.75 Å². The maximum absolute atomic E-state index is 6.16. The molecule has 0 amide bonds. The van der Waals surface area contributed by atoms with Crippen LogP contribution >= 0.6 is 27.5 Å². The lowest BCUT2D eigenvalue weighted by Crippen LogP contribution is -1.97. The van der Waals surface area contributed by atoms with E-state index >= 15 is 0 Å². The molecule has 1 aromatic heterocycles. The van der Waals surface area contributed by atoms with Crippen LogP contribution in [0.5, 0.6) is 11.6 Å². The Kier molecular flexibility index (Phi) is 4.16. The number of halogens is 2. The van der Waals surface area contributed by atoms with E-state index in [4.69, 9.17) is 16.3 Å².